The van der Waals surface area contributed by atoms with E-state index in [1.165, 1.54) is 5.56 Å². The third-order valence-corrected chi connectivity index (χ3v) is 3.81. The Bertz CT molecular complexity index is 629. The van der Waals surface area contributed by atoms with Crippen molar-refractivity contribution < 1.29 is 4.79 Å². The van der Waals surface area contributed by atoms with E-state index in [1.54, 1.807) is 12.4 Å². The quantitative estimate of drug-likeness (QED) is 0.860. The fourth-order valence-electron chi connectivity index (χ4n) is 2.81. The molecular weight excluding hydrogens is 250 g/mol. The van der Waals surface area contributed by atoms with Gasteiger partial charge >= 0.3 is 0 Å². The second-order valence-corrected chi connectivity index (χ2v) is 5.65. The Kier molecular flexibility index (Phi) is 3.38. The van der Waals surface area contributed by atoms with E-state index in [0.717, 1.165) is 29.8 Å². The molecule has 0 aromatic carbocycles. The zero-order chi connectivity index (χ0) is 14.1. The second-order valence-electron chi connectivity index (χ2n) is 5.65. The number of pyridine rings is 1. The monoisotopic (exact) mass is 269 g/mol. The maximum atomic E-state index is 12.2. The standard InChI is InChI=1S/C16H19N3O/c1-11(2)16-15-13(4-3-5-14(15)20)19(18-16)10-12-6-8-17-9-7-12/h6-9,11H,3-5,10H2,1-2H3. The Morgan fingerprint density at radius 3 is 2.70 bits per heavy atom. The summed E-state index contributed by atoms with van der Waals surface area (Å²) in [5.74, 6) is 0.542. The number of rotatable bonds is 3. The Morgan fingerprint density at radius 1 is 1.25 bits per heavy atom. The normalized spacial score (nSPS) is 14.7. The van der Waals surface area contributed by atoms with Gasteiger partial charge in [0.1, 0.15) is 0 Å². The summed E-state index contributed by atoms with van der Waals surface area (Å²) in [5.41, 5.74) is 4.12. The summed E-state index contributed by atoms with van der Waals surface area (Å²) in [6, 6.07) is 3.99. The van der Waals surface area contributed by atoms with Gasteiger partial charge in [-0.3, -0.25) is 14.5 Å². The first kappa shape index (κ1) is 13.0. The number of carbonyl (C=O) groups excluding carboxylic acids is 1. The maximum Gasteiger partial charge on any atom is 0.166 e. The highest BCUT2D eigenvalue weighted by Gasteiger charge is 2.27. The zero-order valence-corrected chi connectivity index (χ0v) is 12.0. The van der Waals surface area contributed by atoms with Crippen molar-refractivity contribution in [1.82, 2.24) is 14.8 Å². The van der Waals surface area contributed by atoms with E-state index < -0.39 is 0 Å². The van der Waals surface area contributed by atoms with Gasteiger partial charge in [-0.2, -0.15) is 5.10 Å². The van der Waals surface area contributed by atoms with Crippen molar-refractivity contribution >= 4 is 5.78 Å². The molecule has 20 heavy (non-hydrogen) atoms. The molecule has 0 unspecified atom stereocenters. The highest BCUT2D eigenvalue weighted by atomic mass is 16.1. The van der Waals surface area contributed by atoms with Crippen LogP contribution in [-0.4, -0.2) is 20.5 Å². The number of hydrogen-bond donors (Lipinski definition) is 0. The molecule has 104 valence electrons. The molecule has 0 N–H and O–H groups in total. The van der Waals surface area contributed by atoms with Crippen molar-refractivity contribution in [3.05, 3.63) is 47.0 Å². The lowest BCUT2D eigenvalue weighted by Gasteiger charge is -2.14. The second kappa shape index (κ2) is 5.19. The van der Waals surface area contributed by atoms with Gasteiger partial charge in [0.2, 0.25) is 0 Å². The van der Waals surface area contributed by atoms with E-state index in [9.17, 15) is 4.79 Å². The fourth-order valence-corrected chi connectivity index (χ4v) is 2.81. The van der Waals surface area contributed by atoms with Gasteiger partial charge in [0.05, 0.1) is 17.8 Å². The SMILES string of the molecule is CC(C)c1nn(Cc2ccncc2)c2c1C(=O)CCC2. The molecule has 0 saturated heterocycles. The average Bonchev–Trinajstić information content (AvgIpc) is 2.81. The molecule has 2 heterocycles. The van der Waals surface area contributed by atoms with Crippen LogP contribution in [0, 0.1) is 0 Å². The predicted molar refractivity (Wildman–Crippen MR) is 76.9 cm³/mol. The lowest BCUT2D eigenvalue weighted by molar-refractivity contribution is 0.0970. The smallest absolute Gasteiger partial charge is 0.166 e. The minimum absolute atomic E-state index is 0.260. The largest absolute Gasteiger partial charge is 0.294 e. The summed E-state index contributed by atoms with van der Waals surface area (Å²) in [6.45, 7) is 4.91. The molecule has 1 aliphatic rings. The molecule has 2 aromatic heterocycles. The number of aromatic nitrogens is 3. The summed E-state index contributed by atoms with van der Waals surface area (Å²) >= 11 is 0. The molecule has 3 rings (SSSR count). The van der Waals surface area contributed by atoms with Gasteiger partial charge in [0, 0.05) is 24.5 Å². The molecule has 0 radical (unpaired) electrons. The van der Waals surface area contributed by atoms with Crippen molar-refractivity contribution in [2.45, 2.75) is 45.6 Å². The van der Waals surface area contributed by atoms with E-state index >= 15 is 0 Å². The van der Waals surface area contributed by atoms with Crippen LogP contribution in [0.1, 0.15) is 59.9 Å². The molecular formula is C16H19N3O. The Morgan fingerprint density at radius 2 is 2.00 bits per heavy atom. The van der Waals surface area contributed by atoms with Crippen LogP contribution in [0.15, 0.2) is 24.5 Å². The molecule has 4 nitrogen and oxygen atoms in total. The van der Waals surface area contributed by atoms with Crippen molar-refractivity contribution in [3.63, 3.8) is 0 Å². The molecule has 0 atom stereocenters. The molecule has 0 bridgehead atoms. The molecule has 1 aliphatic carbocycles. The van der Waals surface area contributed by atoms with Gasteiger partial charge in [0.25, 0.3) is 0 Å². The van der Waals surface area contributed by atoms with Gasteiger partial charge < -0.3 is 0 Å². The minimum atomic E-state index is 0.260. The average molecular weight is 269 g/mol. The Hall–Kier alpha value is -1.97. The van der Waals surface area contributed by atoms with Crippen molar-refractivity contribution in [2.75, 3.05) is 0 Å². The Balaban J connectivity index is 2.04. The Labute approximate surface area is 118 Å². The number of ketones is 1. The number of Topliss-reactive ketones (excluding diaryl/α,β-unsaturated/α-hetero) is 1. The van der Waals surface area contributed by atoms with E-state index in [1.807, 2.05) is 16.8 Å². The summed E-state index contributed by atoms with van der Waals surface area (Å²) in [7, 11) is 0. The van der Waals surface area contributed by atoms with Crippen LogP contribution in [0.25, 0.3) is 0 Å². The van der Waals surface area contributed by atoms with E-state index in [-0.39, 0.29) is 11.7 Å². The van der Waals surface area contributed by atoms with Gasteiger partial charge in [-0.05, 0) is 36.5 Å². The topological polar surface area (TPSA) is 47.8 Å². The summed E-state index contributed by atoms with van der Waals surface area (Å²) < 4.78 is 2.01. The summed E-state index contributed by atoms with van der Waals surface area (Å²) in [6.07, 6.45) is 6.13. The summed E-state index contributed by atoms with van der Waals surface area (Å²) in [5, 5.41) is 4.71. The van der Waals surface area contributed by atoms with Gasteiger partial charge in [-0.1, -0.05) is 13.8 Å². The first-order chi connectivity index (χ1) is 9.66. The van der Waals surface area contributed by atoms with Crippen LogP contribution in [0.3, 0.4) is 0 Å². The van der Waals surface area contributed by atoms with E-state index in [2.05, 4.69) is 18.8 Å². The molecule has 2 aromatic rings. The lowest BCUT2D eigenvalue weighted by atomic mass is 9.91. The fraction of sp³-hybridized carbons (Fsp3) is 0.438. The zero-order valence-electron chi connectivity index (χ0n) is 12.0. The number of carbonyl (C=O) groups is 1. The first-order valence-corrected chi connectivity index (χ1v) is 7.18. The first-order valence-electron chi connectivity index (χ1n) is 7.18. The summed E-state index contributed by atoms with van der Waals surface area (Å²) in [4.78, 5) is 16.2. The van der Waals surface area contributed by atoms with Crippen LogP contribution in [-0.2, 0) is 13.0 Å². The maximum absolute atomic E-state index is 12.2. The lowest BCUT2D eigenvalue weighted by Crippen LogP contribution is -2.14. The molecule has 4 heteroatoms. The van der Waals surface area contributed by atoms with Crippen molar-refractivity contribution in [1.29, 1.82) is 0 Å². The number of fused-ring (bicyclic) bond motifs is 1. The van der Waals surface area contributed by atoms with Crippen molar-refractivity contribution in [3.8, 4) is 0 Å². The number of nitrogens with zero attached hydrogens (tertiary/aromatic N) is 3. The van der Waals surface area contributed by atoms with E-state index in [4.69, 9.17) is 5.10 Å². The highest BCUT2D eigenvalue weighted by Crippen LogP contribution is 2.29. The molecule has 0 amide bonds. The molecule has 0 spiro atoms. The predicted octanol–water partition coefficient (Wildman–Crippen LogP) is 2.97. The van der Waals surface area contributed by atoms with Crippen LogP contribution in [0.4, 0.5) is 0 Å². The van der Waals surface area contributed by atoms with Crippen LogP contribution in [0.2, 0.25) is 0 Å². The van der Waals surface area contributed by atoms with Crippen LogP contribution < -0.4 is 0 Å². The van der Waals surface area contributed by atoms with Crippen molar-refractivity contribution in [2.24, 2.45) is 0 Å². The van der Waals surface area contributed by atoms with Crippen LogP contribution in [0.5, 0.6) is 0 Å². The molecule has 0 saturated carbocycles. The van der Waals surface area contributed by atoms with Gasteiger partial charge in [-0.15, -0.1) is 0 Å². The van der Waals surface area contributed by atoms with Crippen LogP contribution >= 0.6 is 0 Å². The molecule has 0 aliphatic heterocycles. The third-order valence-electron chi connectivity index (χ3n) is 3.81. The number of hydrogen-bond acceptors (Lipinski definition) is 3. The van der Waals surface area contributed by atoms with Gasteiger partial charge in [-0.25, -0.2) is 0 Å². The van der Waals surface area contributed by atoms with E-state index in [0.29, 0.717) is 13.0 Å². The third kappa shape index (κ3) is 2.26. The minimum Gasteiger partial charge on any atom is -0.294 e. The van der Waals surface area contributed by atoms with Gasteiger partial charge in [0.15, 0.2) is 5.78 Å². The highest BCUT2D eigenvalue weighted by molar-refractivity contribution is 5.99. The molecule has 0 fully saturated rings.